The maximum atomic E-state index is 14.1. The zero-order valence-corrected chi connectivity index (χ0v) is 27.8. The lowest BCUT2D eigenvalue weighted by atomic mass is 9.68. The molecule has 2 aliphatic heterocycles. The second-order valence-corrected chi connectivity index (χ2v) is 13.4. The lowest BCUT2D eigenvalue weighted by molar-refractivity contribution is -0.122. The number of hydrogen-bond acceptors (Lipinski definition) is 5. The molecule has 0 saturated carbocycles. The van der Waals surface area contributed by atoms with Crippen molar-refractivity contribution in [2.24, 2.45) is 17.8 Å². The summed E-state index contributed by atoms with van der Waals surface area (Å²) >= 11 is 0. The SMILES string of the molecule is CCCC1=C2[C@@H](CC/C(=C/c3ccc(O)c4ccccc34)CCC)OC[C@@H]2[C@@H]2C(=O)N(c3ccc(Nc4ccccc4)cc3)C(=O)[C@@H]2C1. The molecule has 0 aromatic heterocycles. The van der Waals surface area contributed by atoms with E-state index in [1.165, 1.54) is 21.6 Å². The molecule has 1 aliphatic carbocycles. The number of para-hydroxylation sites is 1. The summed E-state index contributed by atoms with van der Waals surface area (Å²) in [5.74, 6) is -0.659. The fourth-order valence-electron chi connectivity index (χ4n) is 8.21. The van der Waals surface area contributed by atoms with Crippen LogP contribution in [-0.2, 0) is 14.3 Å². The lowest BCUT2D eigenvalue weighted by Crippen LogP contribution is -2.34. The van der Waals surface area contributed by atoms with E-state index in [9.17, 15) is 14.7 Å². The van der Waals surface area contributed by atoms with Crippen molar-refractivity contribution in [1.82, 2.24) is 0 Å². The Morgan fingerprint density at radius 3 is 2.31 bits per heavy atom. The standard InChI is InChI=1S/C42H44N2O4/c1-3-10-27(24-28-17-22-37(45)34-15-9-8-14-33(28)34)16-23-38-39-29(11-4-2)25-35-40(36(39)26-48-38)42(47)44(41(35)46)32-20-18-31(19-21-32)43-30-12-6-5-7-13-30/h5-9,12-15,17-22,24,35-36,38,40,43,45H,3-4,10-11,16,23,25-26H2,1-2H3/b27-24+/t35-,36+,38-,40-/m1/s1. The second kappa shape index (κ2) is 13.8. The Morgan fingerprint density at radius 1 is 0.833 bits per heavy atom. The number of nitrogens with one attached hydrogen (secondary N) is 1. The van der Waals surface area contributed by atoms with Crippen molar-refractivity contribution in [2.45, 2.75) is 64.9 Å². The molecule has 6 nitrogen and oxygen atoms in total. The van der Waals surface area contributed by atoms with Gasteiger partial charge in [-0.3, -0.25) is 14.5 Å². The summed E-state index contributed by atoms with van der Waals surface area (Å²) in [6, 6.07) is 29.3. The molecule has 4 atom stereocenters. The summed E-state index contributed by atoms with van der Waals surface area (Å²) in [7, 11) is 0. The number of allylic oxidation sites excluding steroid dienone is 2. The van der Waals surface area contributed by atoms with Gasteiger partial charge in [0.05, 0.1) is 30.2 Å². The number of nitrogens with zero attached hydrogens (tertiary/aromatic N) is 1. The van der Waals surface area contributed by atoms with Crippen LogP contribution in [0, 0.1) is 17.8 Å². The van der Waals surface area contributed by atoms with Crippen LogP contribution in [0.3, 0.4) is 0 Å². The van der Waals surface area contributed by atoms with Crippen molar-refractivity contribution in [3.05, 3.63) is 113 Å². The van der Waals surface area contributed by atoms with Gasteiger partial charge in [0.25, 0.3) is 0 Å². The van der Waals surface area contributed by atoms with Gasteiger partial charge < -0.3 is 15.2 Å². The van der Waals surface area contributed by atoms with Crippen molar-refractivity contribution < 1.29 is 19.4 Å². The highest BCUT2D eigenvalue weighted by Crippen LogP contribution is 2.51. The highest BCUT2D eigenvalue weighted by molar-refractivity contribution is 6.22. The van der Waals surface area contributed by atoms with Crippen LogP contribution >= 0.6 is 0 Å². The van der Waals surface area contributed by atoms with Crippen LogP contribution in [0.1, 0.15) is 64.4 Å². The minimum absolute atomic E-state index is 0.0467. The number of aromatic hydroxyl groups is 1. The Bertz CT molecular complexity index is 1880. The van der Waals surface area contributed by atoms with Crippen LogP contribution in [0.25, 0.3) is 16.8 Å². The zero-order valence-electron chi connectivity index (χ0n) is 27.8. The topological polar surface area (TPSA) is 78.9 Å². The van der Waals surface area contributed by atoms with Crippen LogP contribution in [0.15, 0.2) is 108 Å². The summed E-state index contributed by atoms with van der Waals surface area (Å²) in [5.41, 5.74) is 7.59. The van der Waals surface area contributed by atoms with Gasteiger partial charge >= 0.3 is 0 Å². The molecule has 4 aromatic rings. The Kier molecular flexibility index (Phi) is 9.18. The number of fused-ring (bicyclic) bond motifs is 4. The number of hydrogen-bond donors (Lipinski definition) is 2. The van der Waals surface area contributed by atoms with Crippen LogP contribution in [0.2, 0.25) is 0 Å². The summed E-state index contributed by atoms with van der Waals surface area (Å²) in [6.45, 7) is 4.87. The van der Waals surface area contributed by atoms with E-state index in [2.05, 4.69) is 31.3 Å². The van der Waals surface area contributed by atoms with Crippen molar-refractivity contribution in [2.75, 3.05) is 16.8 Å². The number of benzene rings is 4. The predicted octanol–water partition coefficient (Wildman–Crippen LogP) is 9.57. The van der Waals surface area contributed by atoms with Gasteiger partial charge in [0.2, 0.25) is 11.8 Å². The van der Waals surface area contributed by atoms with E-state index in [-0.39, 0.29) is 35.7 Å². The van der Waals surface area contributed by atoms with Gasteiger partial charge in [0.15, 0.2) is 0 Å². The first kappa shape index (κ1) is 31.9. The number of anilines is 3. The second-order valence-electron chi connectivity index (χ2n) is 13.4. The van der Waals surface area contributed by atoms with Gasteiger partial charge in [-0.25, -0.2) is 0 Å². The Hall–Kier alpha value is -4.68. The number of phenols is 1. The molecule has 246 valence electrons. The Balaban J connectivity index is 1.10. The molecule has 0 radical (unpaired) electrons. The summed E-state index contributed by atoms with van der Waals surface area (Å²) in [5, 5.41) is 15.7. The third-order valence-electron chi connectivity index (χ3n) is 10.3. The van der Waals surface area contributed by atoms with Gasteiger partial charge in [-0.1, -0.05) is 92.4 Å². The minimum atomic E-state index is -0.380. The number of ether oxygens (including phenoxy) is 1. The van der Waals surface area contributed by atoms with Crippen LogP contribution < -0.4 is 10.2 Å². The van der Waals surface area contributed by atoms with E-state index in [0.717, 1.165) is 66.2 Å². The number of carbonyl (C=O) groups excluding carboxylic acids is 2. The first-order chi connectivity index (χ1) is 23.5. The van der Waals surface area contributed by atoms with Crippen LogP contribution in [0.5, 0.6) is 5.75 Å². The van der Waals surface area contributed by atoms with E-state index in [4.69, 9.17) is 4.74 Å². The highest BCUT2D eigenvalue weighted by atomic mass is 16.5. The molecule has 2 saturated heterocycles. The number of amides is 2. The third kappa shape index (κ3) is 6.06. The molecule has 2 fully saturated rings. The monoisotopic (exact) mass is 640 g/mol. The van der Waals surface area contributed by atoms with Crippen molar-refractivity contribution in [3.63, 3.8) is 0 Å². The Labute approximate surface area is 283 Å². The number of phenolic OH excluding ortho intramolecular Hbond substituents is 1. The molecular formula is C42H44N2O4. The summed E-state index contributed by atoms with van der Waals surface area (Å²) < 4.78 is 6.54. The highest BCUT2D eigenvalue weighted by Gasteiger charge is 2.57. The van der Waals surface area contributed by atoms with E-state index >= 15 is 0 Å². The summed E-state index contributed by atoms with van der Waals surface area (Å²) in [4.78, 5) is 29.5. The molecule has 2 N–H and O–H groups in total. The Morgan fingerprint density at radius 2 is 1.56 bits per heavy atom. The largest absolute Gasteiger partial charge is 0.507 e. The first-order valence-electron chi connectivity index (χ1n) is 17.5. The molecule has 0 unspecified atom stereocenters. The van der Waals surface area contributed by atoms with Crippen LogP contribution in [-0.4, -0.2) is 29.6 Å². The molecule has 2 amide bonds. The number of imide groups is 1. The fourth-order valence-corrected chi connectivity index (χ4v) is 8.21. The van der Waals surface area contributed by atoms with Gasteiger partial charge in [-0.2, -0.15) is 0 Å². The zero-order chi connectivity index (χ0) is 33.2. The average molecular weight is 641 g/mol. The van der Waals surface area contributed by atoms with Gasteiger partial charge in [-0.05, 0) is 91.1 Å². The van der Waals surface area contributed by atoms with Gasteiger partial charge in [0, 0.05) is 22.7 Å². The first-order valence-corrected chi connectivity index (χ1v) is 17.5. The van der Waals surface area contributed by atoms with E-state index in [0.29, 0.717) is 24.5 Å². The average Bonchev–Trinajstić information content (AvgIpc) is 3.64. The lowest BCUT2D eigenvalue weighted by Gasteiger charge is -2.32. The molecule has 2 heterocycles. The molecule has 0 bridgehead atoms. The minimum Gasteiger partial charge on any atom is -0.507 e. The molecule has 7 rings (SSSR count). The molecule has 6 heteroatoms. The number of carbonyl (C=O) groups is 2. The molecular weight excluding hydrogens is 596 g/mol. The predicted molar refractivity (Wildman–Crippen MR) is 193 cm³/mol. The molecule has 48 heavy (non-hydrogen) atoms. The smallest absolute Gasteiger partial charge is 0.238 e. The quantitative estimate of drug-likeness (QED) is 0.126. The van der Waals surface area contributed by atoms with Gasteiger partial charge in [-0.15, -0.1) is 0 Å². The summed E-state index contributed by atoms with van der Waals surface area (Å²) in [6.07, 6.45) is 8.55. The molecule has 0 spiro atoms. The molecule has 4 aromatic carbocycles. The maximum Gasteiger partial charge on any atom is 0.238 e. The van der Waals surface area contributed by atoms with Crippen molar-refractivity contribution >= 4 is 45.7 Å². The van der Waals surface area contributed by atoms with Gasteiger partial charge in [0.1, 0.15) is 5.75 Å². The molecule has 3 aliphatic rings. The third-order valence-corrected chi connectivity index (χ3v) is 10.3. The van der Waals surface area contributed by atoms with Crippen molar-refractivity contribution in [3.8, 4) is 5.75 Å². The van der Waals surface area contributed by atoms with E-state index < -0.39 is 0 Å². The normalized spacial score (nSPS) is 22.4. The van der Waals surface area contributed by atoms with Crippen LogP contribution in [0.4, 0.5) is 17.1 Å². The number of rotatable bonds is 11. The van der Waals surface area contributed by atoms with E-state index in [1.807, 2.05) is 78.9 Å². The maximum absolute atomic E-state index is 14.1. The van der Waals surface area contributed by atoms with Crippen molar-refractivity contribution in [1.29, 1.82) is 0 Å². The fraction of sp³-hybridized carbons (Fsp3) is 0.333. The van der Waals surface area contributed by atoms with E-state index in [1.54, 1.807) is 6.07 Å².